The van der Waals surface area contributed by atoms with Gasteiger partial charge in [-0.1, -0.05) is 19.1 Å². The van der Waals surface area contributed by atoms with Crippen molar-refractivity contribution in [3.05, 3.63) is 35.4 Å². The summed E-state index contributed by atoms with van der Waals surface area (Å²) in [4.78, 5) is 27.3. The van der Waals surface area contributed by atoms with Crippen LogP contribution in [0.4, 0.5) is 0 Å². The smallest absolute Gasteiger partial charge is 0.253 e. The zero-order chi connectivity index (χ0) is 16.8. The number of carbonyl (C=O) groups excluding carboxylic acids is 2. The van der Waals surface area contributed by atoms with Gasteiger partial charge in [0.2, 0.25) is 5.91 Å². The van der Waals surface area contributed by atoms with E-state index in [-0.39, 0.29) is 11.8 Å². The molecule has 126 valence electrons. The van der Waals surface area contributed by atoms with Crippen LogP contribution >= 0.6 is 0 Å². The Kier molecular flexibility index (Phi) is 6.20. The Morgan fingerprint density at radius 3 is 2.30 bits per heavy atom. The van der Waals surface area contributed by atoms with Crippen LogP contribution in [0.2, 0.25) is 0 Å². The van der Waals surface area contributed by atoms with Crippen molar-refractivity contribution in [1.82, 2.24) is 9.80 Å². The van der Waals surface area contributed by atoms with E-state index >= 15 is 0 Å². The number of likely N-dealkylation sites (tertiary alicyclic amines) is 1. The number of benzene rings is 1. The molecular formula is C19H28N2O2. The number of piperidine rings is 1. The van der Waals surface area contributed by atoms with Gasteiger partial charge < -0.3 is 9.80 Å². The van der Waals surface area contributed by atoms with Gasteiger partial charge in [0.25, 0.3) is 5.91 Å². The lowest BCUT2D eigenvalue weighted by Crippen LogP contribution is -2.37. The average molecular weight is 316 g/mol. The quantitative estimate of drug-likeness (QED) is 0.838. The number of nitrogens with zero attached hydrogens (tertiary/aromatic N) is 2. The summed E-state index contributed by atoms with van der Waals surface area (Å²) in [5, 5.41) is 0. The fraction of sp³-hybridized carbons (Fsp3) is 0.579. The molecule has 0 atom stereocenters. The first kappa shape index (κ1) is 17.5. The lowest BCUT2D eigenvalue weighted by molar-refractivity contribution is -0.130. The second kappa shape index (κ2) is 8.14. The molecule has 0 N–H and O–H groups in total. The first-order valence-electron chi connectivity index (χ1n) is 8.61. The van der Waals surface area contributed by atoms with E-state index in [2.05, 4.69) is 19.1 Å². The molecule has 0 radical (unpaired) electrons. The summed E-state index contributed by atoms with van der Waals surface area (Å²) in [6.45, 7) is 6.25. The highest BCUT2D eigenvalue weighted by atomic mass is 16.2. The van der Waals surface area contributed by atoms with Crippen molar-refractivity contribution in [3.63, 3.8) is 0 Å². The third-order valence-corrected chi connectivity index (χ3v) is 4.69. The predicted octanol–water partition coefficient (Wildman–Crippen LogP) is 2.97. The third kappa shape index (κ3) is 4.81. The molecule has 4 heteroatoms. The Morgan fingerprint density at radius 2 is 1.78 bits per heavy atom. The molecule has 1 aromatic carbocycles. The lowest BCUT2D eigenvalue weighted by Gasteiger charge is -2.31. The topological polar surface area (TPSA) is 40.6 Å². The Bertz CT molecular complexity index is 531. The van der Waals surface area contributed by atoms with Crippen molar-refractivity contribution in [2.45, 2.75) is 39.5 Å². The Balaban J connectivity index is 1.88. The monoisotopic (exact) mass is 316 g/mol. The van der Waals surface area contributed by atoms with Gasteiger partial charge in [-0.3, -0.25) is 9.59 Å². The lowest BCUT2D eigenvalue weighted by atomic mass is 9.90. The zero-order valence-electron chi connectivity index (χ0n) is 14.5. The number of carbonyl (C=O) groups is 2. The molecule has 1 fully saturated rings. The van der Waals surface area contributed by atoms with Gasteiger partial charge >= 0.3 is 0 Å². The molecule has 0 aromatic heterocycles. The molecule has 23 heavy (non-hydrogen) atoms. The van der Waals surface area contributed by atoms with Gasteiger partial charge in [-0.2, -0.15) is 0 Å². The van der Waals surface area contributed by atoms with E-state index < -0.39 is 0 Å². The summed E-state index contributed by atoms with van der Waals surface area (Å²) in [7, 11) is 1.85. The van der Waals surface area contributed by atoms with Gasteiger partial charge in [0.05, 0.1) is 0 Å². The molecule has 0 saturated carbocycles. The van der Waals surface area contributed by atoms with Crippen LogP contribution in [0.3, 0.4) is 0 Å². The van der Waals surface area contributed by atoms with Crippen LogP contribution in [-0.4, -0.2) is 48.3 Å². The summed E-state index contributed by atoms with van der Waals surface area (Å²) < 4.78 is 0. The first-order valence-corrected chi connectivity index (χ1v) is 8.61. The second-order valence-electron chi connectivity index (χ2n) is 6.58. The van der Waals surface area contributed by atoms with Crippen molar-refractivity contribution in [3.8, 4) is 0 Å². The van der Waals surface area contributed by atoms with Gasteiger partial charge in [-0.25, -0.2) is 0 Å². The van der Waals surface area contributed by atoms with E-state index in [0.717, 1.165) is 50.9 Å². The molecule has 2 amide bonds. The molecule has 2 rings (SSSR count). The van der Waals surface area contributed by atoms with Gasteiger partial charge in [0.1, 0.15) is 0 Å². The Labute approximate surface area is 139 Å². The molecule has 4 nitrogen and oxygen atoms in total. The standard InChI is InChI=1S/C19H28N2O2/c1-4-11-20(3)19(23)18-7-5-16(6-8-18)14-17-9-12-21(13-10-17)15(2)22/h5-8,17H,4,9-14H2,1-3H3. The molecule has 1 aromatic rings. The first-order chi connectivity index (χ1) is 11.0. The molecule has 0 spiro atoms. The Morgan fingerprint density at radius 1 is 1.17 bits per heavy atom. The van der Waals surface area contributed by atoms with Crippen LogP contribution in [0.25, 0.3) is 0 Å². The van der Waals surface area contributed by atoms with Gasteiger partial charge in [-0.15, -0.1) is 0 Å². The van der Waals surface area contributed by atoms with Gasteiger partial charge in [0, 0.05) is 39.2 Å². The molecule has 1 saturated heterocycles. The molecular weight excluding hydrogens is 288 g/mol. The van der Waals surface area contributed by atoms with Crippen LogP contribution in [0.5, 0.6) is 0 Å². The van der Waals surface area contributed by atoms with Crippen LogP contribution in [0.15, 0.2) is 24.3 Å². The number of rotatable bonds is 5. The van der Waals surface area contributed by atoms with E-state index in [0.29, 0.717) is 5.92 Å². The maximum Gasteiger partial charge on any atom is 0.253 e. The largest absolute Gasteiger partial charge is 0.343 e. The zero-order valence-corrected chi connectivity index (χ0v) is 14.5. The second-order valence-corrected chi connectivity index (χ2v) is 6.58. The maximum absolute atomic E-state index is 12.2. The van der Waals surface area contributed by atoms with Crippen molar-refractivity contribution in [2.75, 3.05) is 26.7 Å². The summed E-state index contributed by atoms with van der Waals surface area (Å²) in [6.07, 6.45) is 4.14. The molecule has 1 aliphatic heterocycles. The van der Waals surface area contributed by atoms with Crippen LogP contribution in [-0.2, 0) is 11.2 Å². The maximum atomic E-state index is 12.2. The predicted molar refractivity (Wildman–Crippen MR) is 92.4 cm³/mol. The Hall–Kier alpha value is -1.84. The highest BCUT2D eigenvalue weighted by Crippen LogP contribution is 2.22. The highest BCUT2D eigenvalue weighted by molar-refractivity contribution is 5.94. The fourth-order valence-corrected chi connectivity index (χ4v) is 3.23. The molecule has 0 unspecified atom stereocenters. The van der Waals surface area contributed by atoms with E-state index in [4.69, 9.17) is 0 Å². The summed E-state index contributed by atoms with van der Waals surface area (Å²) in [5.41, 5.74) is 2.04. The van der Waals surface area contributed by atoms with Crippen molar-refractivity contribution in [2.24, 2.45) is 5.92 Å². The van der Waals surface area contributed by atoms with Crippen molar-refractivity contribution >= 4 is 11.8 Å². The van der Waals surface area contributed by atoms with Crippen LogP contribution in [0.1, 0.15) is 49.0 Å². The van der Waals surface area contributed by atoms with E-state index in [9.17, 15) is 9.59 Å². The average Bonchev–Trinajstić information content (AvgIpc) is 2.55. The minimum absolute atomic E-state index is 0.0909. The highest BCUT2D eigenvalue weighted by Gasteiger charge is 2.21. The van der Waals surface area contributed by atoms with Gasteiger partial charge in [-0.05, 0) is 49.3 Å². The fourth-order valence-electron chi connectivity index (χ4n) is 3.23. The number of hydrogen-bond donors (Lipinski definition) is 0. The third-order valence-electron chi connectivity index (χ3n) is 4.69. The van der Waals surface area contributed by atoms with Gasteiger partial charge in [0.15, 0.2) is 0 Å². The molecule has 1 aliphatic rings. The summed E-state index contributed by atoms with van der Waals surface area (Å²) in [5.74, 6) is 0.908. The van der Waals surface area contributed by atoms with Crippen LogP contribution in [0, 0.1) is 5.92 Å². The normalized spacial score (nSPS) is 15.5. The minimum Gasteiger partial charge on any atom is -0.343 e. The van der Waals surface area contributed by atoms with Crippen LogP contribution < -0.4 is 0 Å². The molecule has 0 aliphatic carbocycles. The SMILES string of the molecule is CCCN(C)C(=O)c1ccc(CC2CCN(C(C)=O)CC2)cc1. The van der Waals surface area contributed by atoms with E-state index in [1.165, 1.54) is 5.56 Å². The van der Waals surface area contributed by atoms with E-state index in [1.54, 1.807) is 11.8 Å². The summed E-state index contributed by atoms with van der Waals surface area (Å²) in [6, 6.07) is 8.03. The van der Waals surface area contributed by atoms with E-state index in [1.807, 2.05) is 24.1 Å². The minimum atomic E-state index is 0.0909. The summed E-state index contributed by atoms with van der Waals surface area (Å²) >= 11 is 0. The number of hydrogen-bond acceptors (Lipinski definition) is 2. The molecule has 1 heterocycles. The number of amides is 2. The van der Waals surface area contributed by atoms with Crippen molar-refractivity contribution < 1.29 is 9.59 Å². The van der Waals surface area contributed by atoms with Crippen molar-refractivity contribution in [1.29, 1.82) is 0 Å². The molecule has 0 bridgehead atoms.